The molecule has 0 radical (unpaired) electrons. The predicted molar refractivity (Wildman–Crippen MR) is 80.4 cm³/mol. The molecule has 1 aliphatic heterocycles. The summed E-state index contributed by atoms with van der Waals surface area (Å²) in [5, 5.41) is 3.38. The molecule has 0 aromatic heterocycles. The minimum absolute atomic E-state index is 0.00730. The molecule has 0 aromatic carbocycles. The van der Waals surface area contributed by atoms with Gasteiger partial charge in [0.1, 0.15) is 5.78 Å². The van der Waals surface area contributed by atoms with Crippen LogP contribution in [0.15, 0.2) is 0 Å². The van der Waals surface area contributed by atoms with Crippen LogP contribution in [0.5, 0.6) is 0 Å². The van der Waals surface area contributed by atoms with E-state index < -0.39 is 0 Å². The van der Waals surface area contributed by atoms with Gasteiger partial charge < -0.3 is 10.2 Å². The first-order chi connectivity index (χ1) is 9.38. The molecule has 20 heavy (non-hydrogen) atoms. The smallest absolute Gasteiger partial charge is 0.230 e. The molecule has 5 heteroatoms. The Kier molecular flexibility index (Phi) is 7.16. The predicted octanol–water partition coefficient (Wildman–Crippen LogP) is 1.09. The van der Waals surface area contributed by atoms with Crippen LogP contribution in [0.3, 0.4) is 0 Å². The fourth-order valence-corrected chi connectivity index (χ4v) is 2.28. The molecule has 0 atom stereocenters. The third kappa shape index (κ3) is 6.48. The third-order valence-corrected chi connectivity index (χ3v) is 3.43. The second kappa shape index (κ2) is 8.37. The lowest BCUT2D eigenvalue weighted by molar-refractivity contribution is -0.137. The zero-order valence-corrected chi connectivity index (χ0v) is 13.3. The van der Waals surface area contributed by atoms with E-state index in [1.807, 2.05) is 18.7 Å². The van der Waals surface area contributed by atoms with E-state index in [2.05, 4.69) is 24.1 Å². The molecule has 1 heterocycles. The van der Waals surface area contributed by atoms with Gasteiger partial charge in [-0.3, -0.25) is 14.5 Å². The van der Waals surface area contributed by atoms with Crippen molar-refractivity contribution in [3.8, 4) is 0 Å². The largest absolute Gasteiger partial charge is 0.340 e. The van der Waals surface area contributed by atoms with Crippen molar-refractivity contribution in [2.75, 3.05) is 32.8 Å². The number of amides is 1. The quantitative estimate of drug-likeness (QED) is 0.711. The Bertz CT molecular complexity index is 321. The lowest BCUT2D eigenvalue weighted by Crippen LogP contribution is -2.51. The summed E-state index contributed by atoms with van der Waals surface area (Å²) in [4.78, 5) is 27.8. The van der Waals surface area contributed by atoms with Crippen molar-refractivity contribution in [3.05, 3.63) is 0 Å². The van der Waals surface area contributed by atoms with E-state index in [1.54, 1.807) is 0 Å². The summed E-state index contributed by atoms with van der Waals surface area (Å²) in [6.45, 7) is 12.3. The molecule has 1 fully saturated rings. The van der Waals surface area contributed by atoms with Gasteiger partial charge in [0.25, 0.3) is 0 Å². The van der Waals surface area contributed by atoms with Gasteiger partial charge in [-0.05, 0) is 19.8 Å². The van der Waals surface area contributed by atoms with Crippen molar-refractivity contribution < 1.29 is 9.59 Å². The number of hydrogen-bond donors (Lipinski definition) is 1. The van der Waals surface area contributed by atoms with E-state index in [1.165, 1.54) is 0 Å². The van der Waals surface area contributed by atoms with Gasteiger partial charge >= 0.3 is 0 Å². The molecule has 1 aliphatic rings. The summed E-state index contributed by atoms with van der Waals surface area (Å²) < 4.78 is 0. The maximum atomic E-state index is 12.0. The molecule has 0 saturated carbocycles. The van der Waals surface area contributed by atoms with Gasteiger partial charge in [0.2, 0.25) is 5.91 Å². The van der Waals surface area contributed by atoms with Crippen LogP contribution >= 0.6 is 0 Å². The summed E-state index contributed by atoms with van der Waals surface area (Å²) in [5.74, 6) is 0.385. The highest BCUT2D eigenvalue weighted by atomic mass is 16.2. The van der Waals surface area contributed by atoms with E-state index in [0.717, 1.165) is 32.8 Å². The molecule has 5 nitrogen and oxygen atoms in total. The summed E-state index contributed by atoms with van der Waals surface area (Å²) >= 11 is 0. The Balaban J connectivity index is 2.26. The number of nitrogens with zero attached hydrogens (tertiary/aromatic N) is 2. The van der Waals surface area contributed by atoms with E-state index >= 15 is 0 Å². The fourth-order valence-electron chi connectivity index (χ4n) is 2.28. The van der Waals surface area contributed by atoms with Crippen LogP contribution in [0.2, 0.25) is 0 Å². The van der Waals surface area contributed by atoms with Crippen molar-refractivity contribution in [2.24, 2.45) is 5.92 Å². The molecule has 116 valence electrons. The van der Waals surface area contributed by atoms with Crippen molar-refractivity contribution in [1.29, 1.82) is 0 Å². The van der Waals surface area contributed by atoms with Gasteiger partial charge in [-0.25, -0.2) is 0 Å². The molecular weight excluding hydrogens is 254 g/mol. The number of carbonyl (C=O) groups is 2. The van der Waals surface area contributed by atoms with Crippen molar-refractivity contribution in [1.82, 2.24) is 15.1 Å². The highest BCUT2D eigenvalue weighted by molar-refractivity contribution is 5.98. The number of rotatable bonds is 7. The molecule has 1 amide bonds. The van der Waals surface area contributed by atoms with E-state index in [4.69, 9.17) is 0 Å². The van der Waals surface area contributed by atoms with E-state index in [0.29, 0.717) is 18.4 Å². The zero-order valence-electron chi connectivity index (χ0n) is 13.3. The lowest BCUT2D eigenvalue weighted by atomic mass is 10.0. The second-order valence-electron chi connectivity index (χ2n) is 6.33. The highest BCUT2D eigenvalue weighted by Crippen LogP contribution is 2.07. The molecule has 0 aliphatic carbocycles. The molecule has 0 aromatic rings. The fraction of sp³-hybridized carbons (Fsp3) is 0.867. The van der Waals surface area contributed by atoms with Crippen LogP contribution in [0, 0.1) is 5.92 Å². The van der Waals surface area contributed by atoms with Crippen molar-refractivity contribution in [2.45, 2.75) is 46.6 Å². The SMILES string of the molecule is CC(C)CC(=O)CC(=O)N1CCN(CNC(C)C)CC1. The first-order valence-electron chi connectivity index (χ1n) is 7.63. The normalized spacial score (nSPS) is 17.0. The number of carbonyl (C=O) groups excluding carboxylic acids is 2. The maximum absolute atomic E-state index is 12.0. The van der Waals surface area contributed by atoms with Crippen LogP contribution in [0.1, 0.15) is 40.5 Å². The average Bonchev–Trinajstić information content (AvgIpc) is 2.35. The van der Waals surface area contributed by atoms with Crippen LogP contribution in [0.25, 0.3) is 0 Å². The maximum Gasteiger partial charge on any atom is 0.230 e. The van der Waals surface area contributed by atoms with E-state index in [-0.39, 0.29) is 18.1 Å². The Morgan fingerprint density at radius 1 is 1.05 bits per heavy atom. The van der Waals surface area contributed by atoms with Gasteiger partial charge in [-0.1, -0.05) is 13.8 Å². The lowest BCUT2D eigenvalue weighted by Gasteiger charge is -2.35. The van der Waals surface area contributed by atoms with Crippen LogP contribution in [-0.2, 0) is 9.59 Å². The van der Waals surface area contributed by atoms with Crippen LogP contribution < -0.4 is 5.32 Å². The highest BCUT2D eigenvalue weighted by Gasteiger charge is 2.22. The Hall–Kier alpha value is -0.940. The second-order valence-corrected chi connectivity index (χ2v) is 6.33. The molecule has 1 rings (SSSR count). The van der Waals surface area contributed by atoms with Crippen molar-refractivity contribution in [3.63, 3.8) is 0 Å². The summed E-state index contributed by atoms with van der Waals surface area (Å²) in [7, 11) is 0. The molecule has 1 N–H and O–H groups in total. The van der Waals surface area contributed by atoms with Gasteiger partial charge in [-0.15, -0.1) is 0 Å². The zero-order chi connectivity index (χ0) is 15.1. The first-order valence-corrected chi connectivity index (χ1v) is 7.63. The standard InChI is InChI=1S/C15H29N3O2/c1-12(2)9-14(19)10-15(20)18-7-5-17(6-8-18)11-16-13(3)4/h12-13,16H,5-11H2,1-4H3. The van der Waals surface area contributed by atoms with Crippen LogP contribution in [0.4, 0.5) is 0 Å². The Labute approximate surface area is 122 Å². The summed E-state index contributed by atoms with van der Waals surface area (Å²) in [6.07, 6.45) is 0.576. The summed E-state index contributed by atoms with van der Waals surface area (Å²) in [5.41, 5.74) is 0. The third-order valence-electron chi connectivity index (χ3n) is 3.43. The first kappa shape index (κ1) is 17.1. The van der Waals surface area contributed by atoms with Crippen molar-refractivity contribution >= 4 is 11.7 Å². The molecule has 0 unspecified atom stereocenters. The minimum atomic E-state index is -0.00730. The molecule has 0 bridgehead atoms. The van der Waals surface area contributed by atoms with Gasteiger partial charge in [-0.2, -0.15) is 0 Å². The number of ketones is 1. The van der Waals surface area contributed by atoms with Gasteiger partial charge in [0, 0.05) is 45.3 Å². The monoisotopic (exact) mass is 283 g/mol. The minimum Gasteiger partial charge on any atom is -0.340 e. The topological polar surface area (TPSA) is 52.7 Å². The van der Waals surface area contributed by atoms with Gasteiger partial charge in [0.05, 0.1) is 6.42 Å². The number of Topliss-reactive ketones (excluding diaryl/α,β-unsaturated/α-hetero) is 1. The number of hydrogen-bond acceptors (Lipinski definition) is 4. The van der Waals surface area contributed by atoms with E-state index in [9.17, 15) is 9.59 Å². The number of nitrogens with one attached hydrogen (secondary N) is 1. The number of piperazine rings is 1. The van der Waals surface area contributed by atoms with Crippen LogP contribution in [-0.4, -0.2) is 60.4 Å². The summed E-state index contributed by atoms with van der Waals surface area (Å²) in [6, 6.07) is 0.475. The Morgan fingerprint density at radius 3 is 2.15 bits per heavy atom. The Morgan fingerprint density at radius 2 is 1.65 bits per heavy atom. The van der Waals surface area contributed by atoms with Gasteiger partial charge in [0.15, 0.2) is 0 Å². The molecule has 1 saturated heterocycles. The average molecular weight is 283 g/mol. The molecular formula is C15H29N3O2. The molecule has 0 spiro atoms.